The lowest BCUT2D eigenvalue weighted by atomic mass is 9.98. The maximum atomic E-state index is 12.4. The van der Waals surface area contributed by atoms with Crippen LogP contribution in [-0.2, 0) is 20.5 Å². The number of rotatable bonds is 7. The normalized spacial score (nSPS) is 21.8. The van der Waals surface area contributed by atoms with Crippen LogP contribution in [0.25, 0.3) is 0 Å². The molecule has 1 aromatic carbocycles. The molecule has 7 nitrogen and oxygen atoms in total. The van der Waals surface area contributed by atoms with E-state index in [4.69, 9.17) is 9.26 Å². The standard InChI is InChI=1S/C18H25N3O4S/c1-3-21-9-10-24-17(18(21)15-7-5-4-6-8-15)12-19-26(22,23)13-16-11-14(2)20-25-16/h4-8,11,17-19H,3,9-10,12-13H2,1-2H3/t17-,18-/m0/s1. The molecule has 1 fully saturated rings. The number of benzene rings is 1. The maximum absolute atomic E-state index is 12.4. The molecule has 0 aliphatic carbocycles. The molecule has 1 aliphatic heterocycles. The van der Waals surface area contributed by atoms with Crippen molar-refractivity contribution in [3.63, 3.8) is 0 Å². The van der Waals surface area contributed by atoms with Gasteiger partial charge in [0.2, 0.25) is 10.0 Å². The molecule has 26 heavy (non-hydrogen) atoms. The number of hydrogen-bond acceptors (Lipinski definition) is 6. The van der Waals surface area contributed by atoms with Crippen molar-refractivity contribution in [3.05, 3.63) is 53.4 Å². The Balaban J connectivity index is 1.70. The average molecular weight is 379 g/mol. The van der Waals surface area contributed by atoms with Crippen LogP contribution >= 0.6 is 0 Å². The van der Waals surface area contributed by atoms with Crippen LogP contribution in [0, 0.1) is 6.92 Å². The van der Waals surface area contributed by atoms with Crippen molar-refractivity contribution in [1.29, 1.82) is 0 Å². The fourth-order valence-electron chi connectivity index (χ4n) is 3.32. The minimum atomic E-state index is -3.53. The second-order valence-corrected chi connectivity index (χ2v) is 8.24. The molecular weight excluding hydrogens is 354 g/mol. The van der Waals surface area contributed by atoms with Gasteiger partial charge < -0.3 is 9.26 Å². The van der Waals surface area contributed by atoms with Crippen molar-refractivity contribution in [2.24, 2.45) is 0 Å². The largest absolute Gasteiger partial charge is 0.374 e. The third kappa shape index (κ3) is 4.70. The van der Waals surface area contributed by atoms with Crippen LogP contribution < -0.4 is 4.72 Å². The molecule has 0 bridgehead atoms. The molecule has 2 aromatic rings. The van der Waals surface area contributed by atoms with Crippen LogP contribution in [0.1, 0.15) is 30.0 Å². The summed E-state index contributed by atoms with van der Waals surface area (Å²) in [4.78, 5) is 2.32. The molecular formula is C18H25N3O4S. The summed E-state index contributed by atoms with van der Waals surface area (Å²) in [7, 11) is -3.53. The Bertz CT molecular complexity index is 807. The first-order chi connectivity index (χ1) is 12.5. The van der Waals surface area contributed by atoms with E-state index in [1.54, 1.807) is 13.0 Å². The van der Waals surface area contributed by atoms with Crippen LogP contribution in [0.3, 0.4) is 0 Å². The Morgan fingerprint density at radius 3 is 2.73 bits per heavy atom. The van der Waals surface area contributed by atoms with E-state index in [1.165, 1.54) is 0 Å². The summed E-state index contributed by atoms with van der Waals surface area (Å²) in [6.45, 7) is 6.37. The van der Waals surface area contributed by atoms with Gasteiger partial charge in [-0.05, 0) is 19.0 Å². The molecule has 1 aromatic heterocycles. The van der Waals surface area contributed by atoms with Gasteiger partial charge in [0.1, 0.15) is 5.75 Å². The topological polar surface area (TPSA) is 84.7 Å². The number of nitrogens with one attached hydrogen (secondary N) is 1. The molecule has 1 aliphatic rings. The monoisotopic (exact) mass is 379 g/mol. The lowest BCUT2D eigenvalue weighted by Gasteiger charge is -2.41. The van der Waals surface area contributed by atoms with Crippen LogP contribution in [0.15, 0.2) is 40.9 Å². The molecule has 1 saturated heterocycles. The van der Waals surface area contributed by atoms with Gasteiger partial charge in [-0.25, -0.2) is 13.1 Å². The third-order valence-corrected chi connectivity index (χ3v) is 5.79. The number of sulfonamides is 1. The van der Waals surface area contributed by atoms with E-state index in [9.17, 15) is 8.42 Å². The van der Waals surface area contributed by atoms with E-state index in [-0.39, 0.29) is 24.4 Å². The number of likely N-dealkylation sites (N-methyl/N-ethyl adjacent to an activating group) is 1. The van der Waals surface area contributed by atoms with Crippen LogP contribution in [0.5, 0.6) is 0 Å². The molecule has 8 heteroatoms. The van der Waals surface area contributed by atoms with Crippen LogP contribution in [0.2, 0.25) is 0 Å². The quantitative estimate of drug-likeness (QED) is 0.790. The minimum absolute atomic E-state index is 0.0187. The summed E-state index contributed by atoms with van der Waals surface area (Å²) >= 11 is 0. The van der Waals surface area contributed by atoms with Gasteiger partial charge in [0.25, 0.3) is 0 Å². The van der Waals surface area contributed by atoms with Crippen molar-refractivity contribution in [2.45, 2.75) is 31.7 Å². The molecule has 0 amide bonds. The highest BCUT2D eigenvalue weighted by atomic mass is 32.2. The lowest BCUT2D eigenvalue weighted by Crippen LogP contribution is -2.49. The van der Waals surface area contributed by atoms with Gasteiger partial charge in [-0.1, -0.05) is 42.4 Å². The summed E-state index contributed by atoms with van der Waals surface area (Å²) in [5, 5.41) is 3.72. The molecule has 0 spiro atoms. The van der Waals surface area contributed by atoms with Crippen molar-refractivity contribution < 1.29 is 17.7 Å². The SMILES string of the molecule is CCN1CCO[C@@H](CNS(=O)(=O)Cc2cc(C)no2)[C@@H]1c1ccccc1. The first-order valence-electron chi connectivity index (χ1n) is 8.78. The summed E-state index contributed by atoms with van der Waals surface area (Å²) in [6, 6.07) is 11.7. The summed E-state index contributed by atoms with van der Waals surface area (Å²) in [5.41, 5.74) is 1.79. The fraction of sp³-hybridized carbons (Fsp3) is 0.500. The Labute approximate surface area is 154 Å². The number of nitrogens with zero attached hydrogens (tertiary/aromatic N) is 2. The second kappa shape index (κ2) is 8.30. The Morgan fingerprint density at radius 1 is 1.31 bits per heavy atom. The number of ether oxygens (including phenoxy) is 1. The van der Waals surface area contributed by atoms with Gasteiger partial charge in [0, 0.05) is 19.2 Å². The third-order valence-electron chi connectivity index (χ3n) is 4.52. The number of aryl methyl sites for hydroxylation is 1. The minimum Gasteiger partial charge on any atom is -0.374 e. The van der Waals surface area contributed by atoms with Gasteiger partial charge in [0.05, 0.1) is 24.4 Å². The smallest absolute Gasteiger partial charge is 0.219 e. The first-order valence-corrected chi connectivity index (χ1v) is 10.4. The zero-order valence-corrected chi connectivity index (χ0v) is 15.9. The zero-order chi connectivity index (χ0) is 18.6. The summed E-state index contributed by atoms with van der Waals surface area (Å²) in [6.07, 6.45) is -0.252. The first kappa shape index (κ1) is 19.0. The van der Waals surface area contributed by atoms with Crippen molar-refractivity contribution in [2.75, 3.05) is 26.2 Å². The van der Waals surface area contributed by atoms with E-state index in [0.29, 0.717) is 18.1 Å². The molecule has 1 N–H and O–H groups in total. The fourth-order valence-corrected chi connectivity index (χ4v) is 4.35. The van der Waals surface area contributed by atoms with Gasteiger partial charge in [-0.3, -0.25) is 4.90 Å². The van der Waals surface area contributed by atoms with Crippen LogP contribution in [0.4, 0.5) is 0 Å². The molecule has 2 atom stereocenters. The van der Waals surface area contributed by atoms with Crippen molar-refractivity contribution in [3.8, 4) is 0 Å². The summed E-state index contributed by atoms with van der Waals surface area (Å²) in [5.74, 6) is 0.1000. The Morgan fingerprint density at radius 2 is 2.08 bits per heavy atom. The highest BCUT2D eigenvalue weighted by molar-refractivity contribution is 7.88. The zero-order valence-electron chi connectivity index (χ0n) is 15.1. The van der Waals surface area contributed by atoms with E-state index < -0.39 is 10.0 Å². The number of hydrogen-bond donors (Lipinski definition) is 1. The van der Waals surface area contributed by atoms with Crippen LogP contribution in [-0.4, -0.2) is 50.8 Å². The number of aromatic nitrogens is 1. The highest BCUT2D eigenvalue weighted by Gasteiger charge is 2.33. The van der Waals surface area contributed by atoms with E-state index in [2.05, 4.69) is 33.8 Å². The maximum Gasteiger partial charge on any atom is 0.219 e. The molecule has 142 valence electrons. The highest BCUT2D eigenvalue weighted by Crippen LogP contribution is 2.29. The van der Waals surface area contributed by atoms with Crippen molar-refractivity contribution >= 4 is 10.0 Å². The number of morpholine rings is 1. The second-order valence-electron chi connectivity index (χ2n) is 6.44. The van der Waals surface area contributed by atoms with Gasteiger partial charge in [0.15, 0.2) is 5.76 Å². The molecule has 0 unspecified atom stereocenters. The molecule has 0 saturated carbocycles. The van der Waals surface area contributed by atoms with Gasteiger partial charge in [-0.15, -0.1) is 0 Å². The predicted molar refractivity (Wildman–Crippen MR) is 98.0 cm³/mol. The van der Waals surface area contributed by atoms with Crippen molar-refractivity contribution in [1.82, 2.24) is 14.8 Å². The van der Waals surface area contributed by atoms with Gasteiger partial charge in [-0.2, -0.15) is 0 Å². The summed E-state index contributed by atoms with van der Waals surface area (Å²) < 4.78 is 38.4. The molecule has 2 heterocycles. The van der Waals surface area contributed by atoms with E-state index in [1.807, 2.05) is 18.2 Å². The Kier molecular flexibility index (Phi) is 6.08. The molecule has 0 radical (unpaired) electrons. The predicted octanol–water partition coefficient (Wildman–Crippen LogP) is 1.86. The Hall–Kier alpha value is -1.74. The van der Waals surface area contributed by atoms with Gasteiger partial charge >= 0.3 is 0 Å². The van der Waals surface area contributed by atoms with E-state index in [0.717, 1.165) is 18.7 Å². The average Bonchev–Trinajstić information content (AvgIpc) is 3.04. The molecule has 3 rings (SSSR count). The lowest BCUT2D eigenvalue weighted by molar-refractivity contribution is -0.0673. The van der Waals surface area contributed by atoms with E-state index >= 15 is 0 Å².